The molecule has 3 aromatic rings. The van der Waals surface area contributed by atoms with Gasteiger partial charge in [-0.2, -0.15) is 0 Å². The molecule has 0 amide bonds. The van der Waals surface area contributed by atoms with Crippen molar-refractivity contribution in [1.29, 1.82) is 0 Å². The molecule has 0 aliphatic rings. The molecule has 124 valence electrons. The molecular weight excluding hydrogens is 302 g/mol. The maximum Gasteiger partial charge on any atom is 0.142 e. The van der Waals surface area contributed by atoms with E-state index in [0.29, 0.717) is 18.8 Å². The Labute approximate surface area is 141 Å². The van der Waals surface area contributed by atoms with E-state index in [-0.39, 0.29) is 0 Å². The number of nitrogens with zero attached hydrogens (tertiary/aromatic N) is 1. The molecule has 0 unspecified atom stereocenters. The second-order valence-corrected chi connectivity index (χ2v) is 5.43. The van der Waals surface area contributed by atoms with Crippen molar-refractivity contribution in [3.63, 3.8) is 0 Å². The monoisotopic (exact) mass is 323 g/mol. The minimum Gasteiger partial charge on any atom is -0.496 e. The summed E-state index contributed by atoms with van der Waals surface area (Å²) in [6, 6.07) is 15.8. The van der Waals surface area contributed by atoms with Crippen LogP contribution in [-0.2, 0) is 6.42 Å². The maximum atomic E-state index is 6.12. The van der Waals surface area contributed by atoms with Crippen LogP contribution in [0.15, 0.2) is 53.5 Å². The number of benzene rings is 2. The molecular formula is C19H21N3O2. The molecule has 0 fully saturated rings. The molecule has 2 aromatic carbocycles. The number of aromatic nitrogens is 1. The van der Waals surface area contributed by atoms with Crippen LogP contribution in [0.5, 0.6) is 11.5 Å². The van der Waals surface area contributed by atoms with Crippen LogP contribution in [0.2, 0.25) is 0 Å². The van der Waals surface area contributed by atoms with E-state index in [1.54, 1.807) is 14.2 Å². The van der Waals surface area contributed by atoms with Crippen LogP contribution in [0.3, 0.4) is 0 Å². The normalized spacial score (nSPS) is 11.7. The zero-order valence-electron chi connectivity index (χ0n) is 13.9. The highest BCUT2D eigenvalue weighted by molar-refractivity contribution is 6.00. The van der Waals surface area contributed by atoms with Crippen LogP contribution in [0.1, 0.15) is 11.3 Å². The molecule has 0 spiro atoms. The zero-order valence-corrected chi connectivity index (χ0v) is 13.9. The van der Waals surface area contributed by atoms with Gasteiger partial charge in [0.05, 0.1) is 19.9 Å². The summed E-state index contributed by atoms with van der Waals surface area (Å²) in [5.41, 5.74) is 9.01. The van der Waals surface area contributed by atoms with E-state index >= 15 is 0 Å². The van der Waals surface area contributed by atoms with Crippen LogP contribution in [0, 0.1) is 0 Å². The fraction of sp³-hybridized carbons (Fsp3) is 0.211. The van der Waals surface area contributed by atoms with Crippen molar-refractivity contribution in [2.24, 2.45) is 10.7 Å². The predicted molar refractivity (Wildman–Crippen MR) is 97.1 cm³/mol. The molecule has 0 bridgehead atoms. The van der Waals surface area contributed by atoms with Crippen molar-refractivity contribution >= 4 is 16.7 Å². The second-order valence-electron chi connectivity index (χ2n) is 5.43. The van der Waals surface area contributed by atoms with Crippen LogP contribution >= 0.6 is 0 Å². The second kappa shape index (κ2) is 7.08. The number of amidine groups is 1. The van der Waals surface area contributed by atoms with Gasteiger partial charge in [-0.15, -0.1) is 0 Å². The molecule has 3 N–H and O–H groups in total. The average molecular weight is 323 g/mol. The van der Waals surface area contributed by atoms with E-state index in [1.165, 1.54) is 0 Å². The van der Waals surface area contributed by atoms with E-state index in [4.69, 9.17) is 15.2 Å². The van der Waals surface area contributed by atoms with Gasteiger partial charge in [-0.3, -0.25) is 4.99 Å². The SMILES string of the molecule is COc1cccc(OC)c1CCN=C(N)c1cc2ccccc2[nH]1. The quantitative estimate of drug-likeness (QED) is 0.541. The summed E-state index contributed by atoms with van der Waals surface area (Å²) < 4.78 is 10.8. The highest BCUT2D eigenvalue weighted by Crippen LogP contribution is 2.28. The topological polar surface area (TPSA) is 72.6 Å². The van der Waals surface area contributed by atoms with E-state index in [2.05, 4.69) is 9.98 Å². The Morgan fingerprint density at radius 2 is 1.75 bits per heavy atom. The first-order valence-corrected chi connectivity index (χ1v) is 7.81. The first-order valence-electron chi connectivity index (χ1n) is 7.81. The summed E-state index contributed by atoms with van der Waals surface area (Å²) >= 11 is 0. The third-order valence-corrected chi connectivity index (χ3v) is 3.98. The Morgan fingerprint density at radius 1 is 1.04 bits per heavy atom. The summed E-state index contributed by atoms with van der Waals surface area (Å²) in [6.07, 6.45) is 0.689. The van der Waals surface area contributed by atoms with E-state index in [9.17, 15) is 0 Å². The molecule has 0 aliphatic heterocycles. The van der Waals surface area contributed by atoms with Crippen molar-refractivity contribution in [2.45, 2.75) is 6.42 Å². The number of hydrogen-bond donors (Lipinski definition) is 2. The third-order valence-electron chi connectivity index (χ3n) is 3.98. The Morgan fingerprint density at radius 3 is 2.42 bits per heavy atom. The van der Waals surface area contributed by atoms with Gasteiger partial charge in [-0.1, -0.05) is 24.3 Å². The first kappa shape index (κ1) is 15.9. The number of H-pyrrole nitrogens is 1. The first-order chi connectivity index (χ1) is 11.7. The van der Waals surface area contributed by atoms with Gasteiger partial charge in [-0.25, -0.2) is 0 Å². The third kappa shape index (κ3) is 3.20. The van der Waals surface area contributed by atoms with E-state index < -0.39 is 0 Å². The Hall–Kier alpha value is -2.95. The van der Waals surface area contributed by atoms with Crippen LogP contribution in [0.4, 0.5) is 0 Å². The number of hydrogen-bond acceptors (Lipinski definition) is 3. The van der Waals surface area contributed by atoms with Crippen LogP contribution in [-0.4, -0.2) is 31.6 Å². The molecule has 5 nitrogen and oxygen atoms in total. The van der Waals surface area contributed by atoms with Crippen molar-refractivity contribution in [1.82, 2.24) is 4.98 Å². The maximum absolute atomic E-state index is 6.12. The number of para-hydroxylation sites is 1. The van der Waals surface area contributed by atoms with Crippen molar-refractivity contribution in [3.8, 4) is 11.5 Å². The van der Waals surface area contributed by atoms with Gasteiger partial charge in [0, 0.05) is 23.0 Å². The molecule has 24 heavy (non-hydrogen) atoms. The number of rotatable bonds is 6. The Kier molecular flexibility index (Phi) is 4.70. The minimum atomic E-state index is 0.500. The van der Waals surface area contributed by atoms with Gasteiger partial charge in [-0.05, 0) is 30.7 Å². The number of nitrogens with one attached hydrogen (secondary N) is 1. The van der Waals surface area contributed by atoms with Crippen molar-refractivity contribution < 1.29 is 9.47 Å². The molecule has 3 rings (SSSR count). The molecule has 0 saturated carbocycles. The summed E-state index contributed by atoms with van der Waals surface area (Å²) in [5.74, 6) is 2.10. The van der Waals surface area contributed by atoms with Gasteiger partial charge < -0.3 is 20.2 Å². The predicted octanol–water partition coefficient (Wildman–Crippen LogP) is 3.13. The summed E-state index contributed by atoms with van der Waals surface area (Å²) in [5, 5.41) is 1.12. The highest BCUT2D eigenvalue weighted by atomic mass is 16.5. The van der Waals surface area contributed by atoms with Crippen LogP contribution in [0.25, 0.3) is 10.9 Å². The smallest absolute Gasteiger partial charge is 0.142 e. The van der Waals surface area contributed by atoms with Crippen LogP contribution < -0.4 is 15.2 Å². The van der Waals surface area contributed by atoms with Gasteiger partial charge in [0.2, 0.25) is 0 Å². The lowest BCUT2D eigenvalue weighted by Crippen LogP contribution is -2.15. The van der Waals surface area contributed by atoms with E-state index in [1.807, 2.05) is 48.5 Å². The average Bonchev–Trinajstić information content (AvgIpc) is 3.06. The molecule has 0 atom stereocenters. The molecule has 0 aliphatic carbocycles. The van der Waals surface area contributed by atoms with Crippen molar-refractivity contribution in [3.05, 3.63) is 59.8 Å². The van der Waals surface area contributed by atoms with Gasteiger partial charge in [0.25, 0.3) is 0 Å². The lowest BCUT2D eigenvalue weighted by atomic mass is 10.1. The fourth-order valence-corrected chi connectivity index (χ4v) is 2.76. The summed E-state index contributed by atoms with van der Waals surface area (Å²) in [7, 11) is 3.31. The standard InChI is InChI=1S/C19H21N3O2/c1-23-17-8-5-9-18(24-2)14(17)10-11-21-19(20)16-12-13-6-3-4-7-15(13)22-16/h3-9,12,22H,10-11H2,1-2H3,(H2,20,21). The lowest BCUT2D eigenvalue weighted by molar-refractivity contribution is 0.385. The lowest BCUT2D eigenvalue weighted by Gasteiger charge is -2.12. The number of methoxy groups -OCH3 is 2. The number of nitrogens with two attached hydrogens (primary N) is 1. The minimum absolute atomic E-state index is 0.500. The molecule has 1 aromatic heterocycles. The molecule has 0 radical (unpaired) electrons. The molecule has 1 heterocycles. The fourth-order valence-electron chi connectivity index (χ4n) is 2.76. The van der Waals surface area contributed by atoms with Gasteiger partial charge in [0.15, 0.2) is 0 Å². The van der Waals surface area contributed by atoms with Gasteiger partial charge >= 0.3 is 0 Å². The van der Waals surface area contributed by atoms with Gasteiger partial charge in [0.1, 0.15) is 17.3 Å². The molecule has 5 heteroatoms. The highest BCUT2D eigenvalue weighted by Gasteiger charge is 2.09. The number of ether oxygens (including phenoxy) is 2. The van der Waals surface area contributed by atoms with E-state index in [0.717, 1.165) is 33.7 Å². The molecule has 0 saturated heterocycles. The summed E-state index contributed by atoms with van der Waals surface area (Å²) in [4.78, 5) is 7.77. The zero-order chi connectivity index (χ0) is 16.9. The number of aromatic amines is 1. The Bertz CT molecular complexity index is 813. The largest absolute Gasteiger partial charge is 0.496 e. The Balaban J connectivity index is 1.76. The van der Waals surface area contributed by atoms with Crippen molar-refractivity contribution in [2.75, 3.05) is 20.8 Å². The number of fused-ring (bicyclic) bond motifs is 1. The number of aliphatic imine (C=N–C) groups is 1. The summed E-state index contributed by atoms with van der Waals surface area (Å²) in [6.45, 7) is 0.554.